The molecular formula is C13H12F2N2OS. The van der Waals surface area contributed by atoms with Crippen LogP contribution in [0.2, 0.25) is 0 Å². The van der Waals surface area contributed by atoms with Gasteiger partial charge in [0, 0.05) is 16.9 Å². The standard InChI is InChI=1S/C13H12F2N2OS/c1-7(2)12(18)17-13-16-11(6-19-13)8-3-4-9(14)10(15)5-8/h3-7H,1-2H3,(H,16,17,18). The zero-order valence-electron chi connectivity index (χ0n) is 10.4. The number of hydrogen-bond acceptors (Lipinski definition) is 3. The number of aromatic nitrogens is 1. The Morgan fingerprint density at radius 1 is 1.32 bits per heavy atom. The second kappa shape index (κ2) is 5.44. The van der Waals surface area contributed by atoms with Gasteiger partial charge in [-0.25, -0.2) is 13.8 Å². The van der Waals surface area contributed by atoms with Crippen molar-refractivity contribution in [3.63, 3.8) is 0 Å². The largest absolute Gasteiger partial charge is 0.302 e. The molecular weight excluding hydrogens is 270 g/mol. The number of carbonyl (C=O) groups excluding carboxylic acids is 1. The van der Waals surface area contributed by atoms with Gasteiger partial charge in [-0.3, -0.25) is 4.79 Å². The zero-order valence-corrected chi connectivity index (χ0v) is 11.2. The van der Waals surface area contributed by atoms with Crippen molar-refractivity contribution in [1.82, 2.24) is 4.98 Å². The second-order valence-electron chi connectivity index (χ2n) is 4.31. The van der Waals surface area contributed by atoms with Crippen molar-refractivity contribution in [2.45, 2.75) is 13.8 Å². The highest BCUT2D eigenvalue weighted by atomic mass is 32.1. The van der Waals surface area contributed by atoms with Gasteiger partial charge in [-0.15, -0.1) is 11.3 Å². The van der Waals surface area contributed by atoms with Crippen LogP contribution in [0.4, 0.5) is 13.9 Å². The Bertz CT molecular complexity index is 610. The molecule has 0 spiro atoms. The molecule has 19 heavy (non-hydrogen) atoms. The van der Waals surface area contributed by atoms with E-state index in [1.165, 1.54) is 17.4 Å². The molecule has 1 N–H and O–H groups in total. The second-order valence-corrected chi connectivity index (χ2v) is 5.17. The van der Waals surface area contributed by atoms with Crippen LogP contribution in [0.3, 0.4) is 0 Å². The summed E-state index contributed by atoms with van der Waals surface area (Å²) in [6.07, 6.45) is 0. The Hall–Kier alpha value is -1.82. The molecule has 0 aliphatic rings. The summed E-state index contributed by atoms with van der Waals surface area (Å²) in [5.74, 6) is -2.09. The van der Waals surface area contributed by atoms with Crippen molar-refractivity contribution < 1.29 is 13.6 Å². The summed E-state index contributed by atoms with van der Waals surface area (Å²) in [4.78, 5) is 15.7. The smallest absolute Gasteiger partial charge is 0.228 e. The number of benzene rings is 1. The molecule has 0 aliphatic heterocycles. The van der Waals surface area contributed by atoms with Gasteiger partial charge < -0.3 is 5.32 Å². The molecule has 0 saturated carbocycles. The van der Waals surface area contributed by atoms with Crippen LogP contribution in [-0.2, 0) is 4.79 Å². The molecule has 100 valence electrons. The maximum Gasteiger partial charge on any atom is 0.228 e. The Balaban J connectivity index is 2.21. The predicted molar refractivity (Wildman–Crippen MR) is 70.9 cm³/mol. The quantitative estimate of drug-likeness (QED) is 0.933. The lowest BCUT2D eigenvalue weighted by Crippen LogP contribution is -2.17. The number of anilines is 1. The van der Waals surface area contributed by atoms with Crippen molar-refractivity contribution in [3.05, 3.63) is 35.2 Å². The van der Waals surface area contributed by atoms with Crippen molar-refractivity contribution >= 4 is 22.4 Å². The molecule has 0 radical (unpaired) electrons. The van der Waals surface area contributed by atoms with Gasteiger partial charge in [0.15, 0.2) is 16.8 Å². The van der Waals surface area contributed by atoms with Crippen LogP contribution in [-0.4, -0.2) is 10.9 Å². The topological polar surface area (TPSA) is 42.0 Å². The number of carbonyl (C=O) groups is 1. The van der Waals surface area contributed by atoms with E-state index in [9.17, 15) is 13.6 Å². The highest BCUT2D eigenvalue weighted by molar-refractivity contribution is 7.14. The van der Waals surface area contributed by atoms with Gasteiger partial charge >= 0.3 is 0 Å². The van der Waals surface area contributed by atoms with Crippen LogP contribution in [0.5, 0.6) is 0 Å². The van der Waals surface area contributed by atoms with E-state index in [4.69, 9.17) is 0 Å². The van der Waals surface area contributed by atoms with Gasteiger partial charge in [-0.05, 0) is 18.2 Å². The Labute approximate surface area is 113 Å². The van der Waals surface area contributed by atoms with E-state index in [-0.39, 0.29) is 11.8 Å². The molecule has 0 bridgehead atoms. The average molecular weight is 282 g/mol. The number of amides is 1. The number of thiazole rings is 1. The van der Waals surface area contributed by atoms with Gasteiger partial charge in [-0.2, -0.15) is 0 Å². The molecule has 0 fully saturated rings. The van der Waals surface area contributed by atoms with E-state index in [1.807, 2.05) is 0 Å². The summed E-state index contributed by atoms with van der Waals surface area (Å²) in [7, 11) is 0. The minimum absolute atomic E-state index is 0.133. The first-order valence-corrected chi connectivity index (χ1v) is 6.57. The molecule has 0 saturated heterocycles. The zero-order chi connectivity index (χ0) is 14.0. The fraction of sp³-hybridized carbons (Fsp3) is 0.231. The summed E-state index contributed by atoms with van der Waals surface area (Å²) in [6.45, 7) is 3.55. The lowest BCUT2D eigenvalue weighted by atomic mass is 10.2. The Morgan fingerprint density at radius 3 is 2.68 bits per heavy atom. The van der Waals surface area contributed by atoms with Crippen molar-refractivity contribution in [2.75, 3.05) is 5.32 Å². The summed E-state index contributed by atoms with van der Waals surface area (Å²) >= 11 is 1.24. The summed E-state index contributed by atoms with van der Waals surface area (Å²) in [5, 5.41) is 4.78. The molecule has 1 amide bonds. The van der Waals surface area contributed by atoms with Gasteiger partial charge in [0.2, 0.25) is 5.91 Å². The average Bonchev–Trinajstić information content (AvgIpc) is 2.81. The number of nitrogens with zero attached hydrogens (tertiary/aromatic N) is 1. The molecule has 0 atom stereocenters. The first kappa shape index (κ1) is 13.6. The molecule has 0 unspecified atom stereocenters. The fourth-order valence-corrected chi connectivity index (χ4v) is 2.09. The molecule has 3 nitrogen and oxygen atoms in total. The molecule has 1 heterocycles. The van der Waals surface area contributed by atoms with Crippen LogP contribution >= 0.6 is 11.3 Å². The molecule has 2 rings (SSSR count). The first-order chi connectivity index (χ1) is 8.97. The van der Waals surface area contributed by atoms with Gasteiger partial charge in [0.1, 0.15) is 0 Å². The molecule has 0 aliphatic carbocycles. The minimum Gasteiger partial charge on any atom is -0.302 e. The van der Waals surface area contributed by atoms with E-state index < -0.39 is 11.6 Å². The molecule has 2 aromatic rings. The van der Waals surface area contributed by atoms with Crippen molar-refractivity contribution in [1.29, 1.82) is 0 Å². The summed E-state index contributed by atoms with van der Waals surface area (Å²) in [5.41, 5.74) is 0.975. The summed E-state index contributed by atoms with van der Waals surface area (Å²) in [6, 6.07) is 3.58. The number of nitrogens with one attached hydrogen (secondary N) is 1. The molecule has 1 aromatic heterocycles. The maximum atomic E-state index is 13.1. The van der Waals surface area contributed by atoms with Crippen molar-refractivity contribution in [3.8, 4) is 11.3 Å². The lowest BCUT2D eigenvalue weighted by molar-refractivity contribution is -0.118. The Morgan fingerprint density at radius 2 is 2.05 bits per heavy atom. The van der Waals surface area contributed by atoms with E-state index in [0.717, 1.165) is 12.1 Å². The van der Waals surface area contributed by atoms with Crippen LogP contribution in [0.25, 0.3) is 11.3 Å². The fourth-order valence-electron chi connectivity index (χ4n) is 1.37. The first-order valence-electron chi connectivity index (χ1n) is 5.69. The third-order valence-corrected chi connectivity index (χ3v) is 3.23. The Kier molecular flexibility index (Phi) is 3.90. The third-order valence-electron chi connectivity index (χ3n) is 2.47. The number of hydrogen-bond donors (Lipinski definition) is 1. The molecule has 6 heteroatoms. The third kappa shape index (κ3) is 3.14. The highest BCUT2D eigenvalue weighted by Gasteiger charge is 2.11. The van der Waals surface area contributed by atoms with Gasteiger partial charge in [0.25, 0.3) is 0 Å². The monoisotopic (exact) mass is 282 g/mol. The van der Waals surface area contributed by atoms with Crippen LogP contribution < -0.4 is 5.32 Å². The minimum atomic E-state index is -0.918. The van der Waals surface area contributed by atoms with E-state index >= 15 is 0 Å². The van der Waals surface area contributed by atoms with Gasteiger partial charge in [-0.1, -0.05) is 13.8 Å². The van der Waals surface area contributed by atoms with E-state index in [1.54, 1.807) is 19.2 Å². The predicted octanol–water partition coefficient (Wildman–Crippen LogP) is 3.68. The van der Waals surface area contributed by atoms with Crippen LogP contribution in [0, 0.1) is 17.6 Å². The number of rotatable bonds is 3. The van der Waals surface area contributed by atoms with Crippen molar-refractivity contribution in [2.24, 2.45) is 5.92 Å². The molecule has 1 aromatic carbocycles. The number of halogens is 2. The lowest BCUT2D eigenvalue weighted by Gasteiger charge is -2.03. The van der Waals surface area contributed by atoms with Crippen LogP contribution in [0.1, 0.15) is 13.8 Å². The normalized spacial score (nSPS) is 10.8. The maximum absolute atomic E-state index is 13.1. The van der Waals surface area contributed by atoms with E-state index in [0.29, 0.717) is 16.4 Å². The van der Waals surface area contributed by atoms with E-state index in [2.05, 4.69) is 10.3 Å². The SMILES string of the molecule is CC(C)C(=O)Nc1nc(-c2ccc(F)c(F)c2)cs1. The van der Waals surface area contributed by atoms with Gasteiger partial charge in [0.05, 0.1) is 5.69 Å². The summed E-state index contributed by atoms with van der Waals surface area (Å²) < 4.78 is 25.9. The van der Waals surface area contributed by atoms with Crippen LogP contribution in [0.15, 0.2) is 23.6 Å². The highest BCUT2D eigenvalue weighted by Crippen LogP contribution is 2.26.